The zero-order valence-corrected chi connectivity index (χ0v) is 11.2. The maximum Gasteiger partial charge on any atom is 0.269 e. The van der Waals surface area contributed by atoms with Gasteiger partial charge in [0.2, 0.25) is 0 Å². The molecule has 0 fully saturated rings. The standard InChI is InChI=1S/C15H9N3O4/c16-10-13(12-3-7-15(8-4-12)18(21)22)9-11-1-5-14(6-2-11)17(19)20/h1-9H/b13-9-. The van der Waals surface area contributed by atoms with Gasteiger partial charge in [-0.05, 0) is 41.5 Å². The van der Waals surface area contributed by atoms with E-state index in [2.05, 4.69) is 0 Å². The Balaban J connectivity index is 2.32. The summed E-state index contributed by atoms with van der Waals surface area (Å²) in [5.74, 6) is 0. The highest BCUT2D eigenvalue weighted by Gasteiger charge is 2.08. The van der Waals surface area contributed by atoms with Gasteiger partial charge in [-0.15, -0.1) is 0 Å². The molecule has 0 aromatic heterocycles. The molecule has 0 aliphatic heterocycles. The predicted molar refractivity (Wildman–Crippen MR) is 79.7 cm³/mol. The van der Waals surface area contributed by atoms with Gasteiger partial charge < -0.3 is 0 Å². The summed E-state index contributed by atoms with van der Waals surface area (Å²) in [4.78, 5) is 20.2. The molecule has 0 unspecified atom stereocenters. The van der Waals surface area contributed by atoms with Gasteiger partial charge in [0.1, 0.15) is 0 Å². The van der Waals surface area contributed by atoms with E-state index in [1.165, 1.54) is 48.5 Å². The highest BCUT2D eigenvalue weighted by molar-refractivity contribution is 5.89. The van der Waals surface area contributed by atoms with Crippen molar-refractivity contribution in [1.29, 1.82) is 5.26 Å². The monoisotopic (exact) mass is 295 g/mol. The van der Waals surface area contributed by atoms with Crippen LogP contribution in [0.1, 0.15) is 11.1 Å². The van der Waals surface area contributed by atoms with Gasteiger partial charge in [0, 0.05) is 24.3 Å². The van der Waals surface area contributed by atoms with E-state index in [4.69, 9.17) is 0 Å². The first-order valence-electron chi connectivity index (χ1n) is 6.12. The van der Waals surface area contributed by atoms with E-state index in [1.807, 2.05) is 6.07 Å². The minimum Gasteiger partial charge on any atom is -0.258 e. The molecule has 0 aliphatic rings. The van der Waals surface area contributed by atoms with Gasteiger partial charge in [-0.1, -0.05) is 0 Å². The van der Waals surface area contributed by atoms with Crippen molar-refractivity contribution < 1.29 is 9.85 Å². The molecule has 0 bridgehead atoms. The van der Waals surface area contributed by atoms with Gasteiger partial charge in [-0.3, -0.25) is 20.2 Å². The second-order valence-electron chi connectivity index (χ2n) is 4.32. The fraction of sp³-hybridized carbons (Fsp3) is 0. The van der Waals surface area contributed by atoms with Crippen LogP contribution in [0.5, 0.6) is 0 Å². The molecule has 0 spiro atoms. The summed E-state index contributed by atoms with van der Waals surface area (Å²) in [7, 11) is 0. The zero-order valence-electron chi connectivity index (χ0n) is 11.2. The molecule has 0 N–H and O–H groups in total. The van der Waals surface area contributed by atoms with E-state index in [-0.39, 0.29) is 11.4 Å². The molecule has 0 radical (unpaired) electrons. The topological polar surface area (TPSA) is 110 Å². The van der Waals surface area contributed by atoms with Gasteiger partial charge >= 0.3 is 0 Å². The summed E-state index contributed by atoms with van der Waals surface area (Å²) >= 11 is 0. The van der Waals surface area contributed by atoms with Crippen LogP contribution in [0, 0.1) is 31.6 Å². The second kappa shape index (κ2) is 6.28. The number of hydrogen-bond acceptors (Lipinski definition) is 5. The van der Waals surface area contributed by atoms with Crippen molar-refractivity contribution in [3.05, 3.63) is 79.9 Å². The van der Waals surface area contributed by atoms with Crippen LogP contribution < -0.4 is 0 Å². The van der Waals surface area contributed by atoms with Crippen LogP contribution in [0.3, 0.4) is 0 Å². The first-order chi connectivity index (χ1) is 10.5. The Bertz CT molecular complexity index is 787. The number of nitrogens with zero attached hydrogens (tertiary/aromatic N) is 3. The highest BCUT2D eigenvalue weighted by atomic mass is 16.6. The molecule has 0 heterocycles. The van der Waals surface area contributed by atoms with Gasteiger partial charge in [-0.2, -0.15) is 5.26 Å². The SMILES string of the molecule is N#C/C(=C/c1ccc([N+](=O)[O-])cc1)c1ccc([N+](=O)[O-])cc1. The minimum atomic E-state index is -0.518. The van der Waals surface area contributed by atoms with Gasteiger partial charge in [-0.25, -0.2) is 0 Å². The molecule has 22 heavy (non-hydrogen) atoms. The largest absolute Gasteiger partial charge is 0.269 e. The molecule has 0 amide bonds. The number of hydrogen-bond donors (Lipinski definition) is 0. The summed E-state index contributed by atoms with van der Waals surface area (Å²) < 4.78 is 0. The number of allylic oxidation sites excluding steroid dienone is 1. The van der Waals surface area contributed by atoms with Crippen molar-refractivity contribution in [2.75, 3.05) is 0 Å². The van der Waals surface area contributed by atoms with Crippen LogP contribution in [0.4, 0.5) is 11.4 Å². The Morgan fingerprint density at radius 1 is 0.909 bits per heavy atom. The molecular weight excluding hydrogens is 286 g/mol. The van der Waals surface area contributed by atoms with Crippen molar-refractivity contribution in [1.82, 2.24) is 0 Å². The number of nitro groups is 2. The van der Waals surface area contributed by atoms with E-state index in [1.54, 1.807) is 6.08 Å². The number of nitriles is 1. The molecule has 0 saturated carbocycles. The third kappa shape index (κ3) is 3.32. The van der Waals surface area contributed by atoms with Gasteiger partial charge in [0.15, 0.2) is 0 Å². The van der Waals surface area contributed by atoms with Crippen LogP contribution in [-0.2, 0) is 0 Å². The molecule has 0 saturated heterocycles. The number of rotatable bonds is 4. The normalized spacial score (nSPS) is 10.8. The summed E-state index contributed by atoms with van der Waals surface area (Å²) in [6.07, 6.45) is 1.56. The van der Waals surface area contributed by atoms with E-state index in [0.29, 0.717) is 16.7 Å². The van der Waals surface area contributed by atoms with Crippen LogP contribution in [0.2, 0.25) is 0 Å². The molecule has 108 valence electrons. The van der Waals surface area contributed by atoms with E-state index < -0.39 is 9.85 Å². The van der Waals surface area contributed by atoms with Gasteiger partial charge in [0.05, 0.1) is 21.5 Å². The highest BCUT2D eigenvalue weighted by Crippen LogP contribution is 2.21. The lowest BCUT2D eigenvalue weighted by atomic mass is 10.0. The number of non-ortho nitro benzene ring substituents is 2. The lowest BCUT2D eigenvalue weighted by Gasteiger charge is -2.00. The van der Waals surface area contributed by atoms with Gasteiger partial charge in [0.25, 0.3) is 11.4 Å². The molecule has 7 heteroatoms. The van der Waals surface area contributed by atoms with Crippen LogP contribution >= 0.6 is 0 Å². The van der Waals surface area contributed by atoms with E-state index in [0.717, 1.165) is 0 Å². The van der Waals surface area contributed by atoms with Crippen molar-refractivity contribution in [3.63, 3.8) is 0 Å². The number of benzene rings is 2. The first kappa shape index (κ1) is 14.9. The predicted octanol–water partition coefficient (Wildman–Crippen LogP) is 3.57. The Morgan fingerprint density at radius 3 is 1.77 bits per heavy atom. The second-order valence-corrected chi connectivity index (χ2v) is 4.32. The van der Waals surface area contributed by atoms with Crippen LogP contribution in [0.25, 0.3) is 11.6 Å². The summed E-state index contributed by atoms with van der Waals surface area (Å²) in [6.45, 7) is 0. The lowest BCUT2D eigenvalue weighted by Crippen LogP contribution is -1.89. The van der Waals surface area contributed by atoms with Crippen LogP contribution in [-0.4, -0.2) is 9.85 Å². The molecule has 0 atom stereocenters. The van der Waals surface area contributed by atoms with Crippen molar-refractivity contribution in [3.8, 4) is 6.07 Å². The molecule has 2 aromatic rings. The molecular formula is C15H9N3O4. The third-order valence-electron chi connectivity index (χ3n) is 2.92. The first-order valence-corrected chi connectivity index (χ1v) is 6.12. The maximum atomic E-state index is 10.6. The average molecular weight is 295 g/mol. The van der Waals surface area contributed by atoms with Crippen LogP contribution in [0.15, 0.2) is 48.5 Å². The quantitative estimate of drug-likeness (QED) is 0.370. The average Bonchev–Trinajstić information content (AvgIpc) is 2.53. The van der Waals surface area contributed by atoms with E-state index in [9.17, 15) is 25.5 Å². The Hall–Kier alpha value is -3.53. The molecule has 2 rings (SSSR count). The third-order valence-corrected chi connectivity index (χ3v) is 2.92. The molecule has 2 aromatic carbocycles. The number of nitro benzene ring substituents is 2. The van der Waals surface area contributed by atoms with Crippen molar-refractivity contribution >= 4 is 23.0 Å². The fourth-order valence-corrected chi connectivity index (χ4v) is 1.80. The Kier molecular flexibility index (Phi) is 4.24. The molecule has 0 aliphatic carbocycles. The molecule has 7 nitrogen and oxygen atoms in total. The Morgan fingerprint density at radius 2 is 1.36 bits per heavy atom. The fourth-order valence-electron chi connectivity index (χ4n) is 1.80. The smallest absolute Gasteiger partial charge is 0.258 e. The summed E-state index contributed by atoms with van der Waals surface area (Å²) in [5, 5.41) is 30.4. The maximum absolute atomic E-state index is 10.6. The summed E-state index contributed by atoms with van der Waals surface area (Å²) in [6, 6.07) is 13.4. The van der Waals surface area contributed by atoms with E-state index >= 15 is 0 Å². The van der Waals surface area contributed by atoms with Crippen molar-refractivity contribution in [2.24, 2.45) is 0 Å². The summed E-state index contributed by atoms with van der Waals surface area (Å²) in [5.41, 5.74) is 1.37. The Labute approximate surface area is 125 Å². The van der Waals surface area contributed by atoms with Crippen molar-refractivity contribution in [2.45, 2.75) is 0 Å². The minimum absolute atomic E-state index is 0.0361. The lowest BCUT2D eigenvalue weighted by molar-refractivity contribution is -0.385. The zero-order chi connectivity index (χ0) is 16.1.